The van der Waals surface area contributed by atoms with Crippen LogP contribution in [0.2, 0.25) is 0 Å². The molecule has 1 atom stereocenters. The van der Waals surface area contributed by atoms with Crippen LogP contribution in [-0.2, 0) is 10.3 Å². The third kappa shape index (κ3) is 1.59. The number of hydrogen-bond acceptors (Lipinski definition) is 4. The number of nitrogens with one attached hydrogen (secondary N) is 1. The monoisotopic (exact) mass is 228 g/mol. The lowest BCUT2D eigenvalue weighted by Gasteiger charge is -2.34. The van der Waals surface area contributed by atoms with Crippen LogP contribution in [0.3, 0.4) is 0 Å². The second-order valence-corrected chi connectivity index (χ2v) is 4.61. The molecule has 0 unspecified atom stereocenters. The topological polar surface area (TPSA) is 42.0 Å². The summed E-state index contributed by atoms with van der Waals surface area (Å²) >= 11 is 1.21. The Balaban J connectivity index is 2.44. The molecule has 1 aliphatic rings. The maximum atomic E-state index is 13.4. The van der Waals surface area contributed by atoms with Crippen molar-refractivity contribution in [2.24, 2.45) is 0 Å². The molecular formula is C10H13FN2OS. The molecule has 0 spiro atoms. The first-order valence-electron chi connectivity index (χ1n) is 5.02. The molecule has 1 heterocycles. The third-order valence-electron chi connectivity index (χ3n) is 3.02. The zero-order chi connectivity index (χ0) is 10.9. The van der Waals surface area contributed by atoms with Gasteiger partial charge in [-0.25, -0.2) is 4.98 Å². The van der Waals surface area contributed by atoms with Crippen LogP contribution in [0.1, 0.15) is 30.6 Å². The van der Waals surface area contributed by atoms with Crippen molar-refractivity contribution >= 4 is 17.1 Å². The summed E-state index contributed by atoms with van der Waals surface area (Å²) in [5.41, 5.74) is 0.634. The van der Waals surface area contributed by atoms with E-state index >= 15 is 0 Å². The molecule has 1 N–H and O–H groups in total. The minimum Gasteiger partial charge on any atom is -0.304 e. The van der Waals surface area contributed by atoms with Crippen molar-refractivity contribution in [1.82, 2.24) is 10.3 Å². The smallest absolute Gasteiger partial charge is 0.229 e. The van der Waals surface area contributed by atoms with E-state index in [9.17, 15) is 9.18 Å². The first kappa shape index (κ1) is 10.7. The molecule has 3 nitrogen and oxygen atoms in total. The highest BCUT2D eigenvalue weighted by atomic mass is 32.1. The molecule has 0 amide bonds. The van der Waals surface area contributed by atoms with Gasteiger partial charge in [0.05, 0.1) is 10.4 Å². The van der Waals surface area contributed by atoms with Gasteiger partial charge in [0.15, 0.2) is 5.78 Å². The van der Waals surface area contributed by atoms with Crippen LogP contribution in [0.15, 0.2) is 5.51 Å². The lowest BCUT2D eigenvalue weighted by Crippen LogP contribution is -2.49. The number of aromatic nitrogens is 1. The van der Waals surface area contributed by atoms with E-state index in [1.807, 2.05) is 0 Å². The molecule has 15 heavy (non-hydrogen) atoms. The number of carbonyl (C=O) groups is 1. The van der Waals surface area contributed by atoms with E-state index in [-0.39, 0.29) is 5.78 Å². The number of rotatable bonds is 2. The predicted molar refractivity (Wildman–Crippen MR) is 56.3 cm³/mol. The summed E-state index contributed by atoms with van der Waals surface area (Å²) in [5, 5.41) is 2.99. The molecule has 1 aromatic rings. The normalized spacial score (nSPS) is 26.9. The number of thiazole rings is 1. The van der Waals surface area contributed by atoms with Crippen molar-refractivity contribution in [3.8, 4) is 0 Å². The van der Waals surface area contributed by atoms with Gasteiger partial charge in [-0.2, -0.15) is 4.39 Å². The Bertz CT molecular complexity index is 379. The summed E-state index contributed by atoms with van der Waals surface area (Å²) in [4.78, 5) is 16.0. The van der Waals surface area contributed by atoms with Crippen LogP contribution in [-0.4, -0.2) is 17.8 Å². The highest BCUT2D eigenvalue weighted by Gasteiger charge is 2.43. The van der Waals surface area contributed by atoms with Crippen LogP contribution in [0, 0.1) is 5.95 Å². The Hall–Kier alpha value is -0.810. The number of hydrogen-bond donors (Lipinski definition) is 1. The van der Waals surface area contributed by atoms with E-state index in [1.54, 1.807) is 7.05 Å². The standard InChI is InChI=1S/C10H13FN2OS/c1-12-10(5-3-2-4-7(10)14)8-9(11)13-6-15-8/h6,12H,2-5H2,1H3/t10-/m0/s1. The molecule has 1 fully saturated rings. The molecule has 5 heteroatoms. The van der Waals surface area contributed by atoms with Gasteiger partial charge >= 0.3 is 0 Å². The van der Waals surface area contributed by atoms with E-state index < -0.39 is 11.5 Å². The van der Waals surface area contributed by atoms with Gasteiger partial charge in [0.2, 0.25) is 5.95 Å². The van der Waals surface area contributed by atoms with Crippen molar-refractivity contribution in [3.05, 3.63) is 16.3 Å². The highest BCUT2D eigenvalue weighted by molar-refractivity contribution is 7.09. The van der Waals surface area contributed by atoms with E-state index in [0.717, 1.165) is 12.8 Å². The number of ketones is 1. The first-order chi connectivity index (χ1) is 7.20. The van der Waals surface area contributed by atoms with Crippen LogP contribution in [0.5, 0.6) is 0 Å². The van der Waals surface area contributed by atoms with Crippen LogP contribution >= 0.6 is 11.3 Å². The predicted octanol–water partition coefficient (Wildman–Crippen LogP) is 1.84. The number of likely N-dealkylation sites (N-methyl/N-ethyl adjacent to an activating group) is 1. The summed E-state index contributed by atoms with van der Waals surface area (Å²) < 4.78 is 13.4. The molecule has 82 valence electrons. The van der Waals surface area contributed by atoms with Crippen LogP contribution in [0.25, 0.3) is 0 Å². The Morgan fingerprint density at radius 3 is 2.93 bits per heavy atom. The second kappa shape index (κ2) is 3.98. The maximum absolute atomic E-state index is 13.4. The zero-order valence-electron chi connectivity index (χ0n) is 8.55. The molecule has 0 saturated heterocycles. The lowest BCUT2D eigenvalue weighted by atomic mass is 9.79. The van der Waals surface area contributed by atoms with Gasteiger partial charge in [-0.3, -0.25) is 4.79 Å². The van der Waals surface area contributed by atoms with Gasteiger partial charge in [0.1, 0.15) is 5.54 Å². The Kier molecular flexibility index (Phi) is 2.84. The minimum atomic E-state index is -0.816. The first-order valence-corrected chi connectivity index (χ1v) is 5.90. The summed E-state index contributed by atoms with van der Waals surface area (Å²) in [5.74, 6) is -0.427. The fourth-order valence-corrected chi connectivity index (χ4v) is 3.08. The highest BCUT2D eigenvalue weighted by Crippen LogP contribution is 2.37. The quantitative estimate of drug-likeness (QED) is 0.839. The van der Waals surface area contributed by atoms with E-state index in [1.165, 1.54) is 16.8 Å². The average Bonchev–Trinajstić information content (AvgIpc) is 2.66. The largest absolute Gasteiger partial charge is 0.304 e. The van der Waals surface area contributed by atoms with Crippen molar-refractivity contribution in [2.45, 2.75) is 31.2 Å². The summed E-state index contributed by atoms with van der Waals surface area (Å²) in [7, 11) is 1.71. The summed E-state index contributed by atoms with van der Waals surface area (Å²) in [6.45, 7) is 0. The summed E-state index contributed by atoms with van der Waals surface area (Å²) in [6.07, 6.45) is 3.05. The fraction of sp³-hybridized carbons (Fsp3) is 0.600. The van der Waals surface area contributed by atoms with Crippen molar-refractivity contribution in [3.63, 3.8) is 0 Å². The van der Waals surface area contributed by atoms with Gasteiger partial charge in [-0.05, 0) is 19.9 Å². The molecular weight excluding hydrogens is 215 g/mol. The third-order valence-corrected chi connectivity index (χ3v) is 3.98. The number of halogens is 1. The van der Waals surface area contributed by atoms with Crippen LogP contribution in [0.4, 0.5) is 4.39 Å². The van der Waals surface area contributed by atoms with E-state index in [4.69, 9.17) is 0 Å². The molecule has 0 radical (unpaired) electrons. The maximum Gasteiger partial charge on any atom is 0.229 e. The molecule has 0 aliphatic heterocycles. The Morgan fingerprint density at radius 2 is 2.40 bits per heavy atom. The SMILES string of the molecule is CN[C@@]1(c2scnc2F)CCCCC1=O. The zero-order valence-corrected chi connectivity index (χ0v) is 9.36. The molecule has 1 aromatic heterocycles. The Morgan fingerprint density at radius 1 is 1.60 bits per heavy atom. The van der Waals surface area contributed by atoms with Crippen molar-refractivity contribution in [2.75, 3.05) is 7.05 Å². The van der Waals surface area contributed by atoms with Gasteiger partial charge in [0.25, 0.3) is 0 Å². The van der Waals surface area contributed by atoms with Crippen LogP contribution < -0.4 is 5.32 Å². The Labute approximate surface area is 91.7 Å². The number of Topliss-reactive ketones (excluding diaryl/α,β-unsaturated/α-hetero) is 1. The number of carbonyl (C=O) groups excluding carboxylic acids is 1. The number of nitrogens with zero attached hydrogens (tertiary/aromatic N) is 1. The molecule has 1 saturated carbocycles. The lowest BCUT2D eigenvalue weighted by molar-refractivity contribution is -0.127. The molecule has 2 rings (SSSR count). The van der Waals surface area contributed by atoms with Crippen molar-refractivity contribution < 1.29 is 9.18 Å². The van der Waals surface area contributed by atoms with Gasteiger partial charge in [-0.1, -0.05) is 6.42 Å². The van der Waals surface area contributed by atoms with Gasteiger partial charge < -0.3 is 5.32 Å². The fourth-order valence-electron chi connectivity index (χ4n) is 2.16. The second-order valence-electron chi connectivity index (χ2n) is 3.76. The van der Waals surface area contributed by atoms with Gasteiger partial charge in [-0.15, -0.1) is 11.3 Å². The molecule has 0 aromatic carbocycles. The molecule has 0 bridgehead atoms. The van der Waals surface area contributed by atoms with Crippen molar-refractivity contribution in [1.29, 1.82) is 0 Å². The van der Waals surface area contributed by atoms with E-state index in [0.29, 0.717) is 17.7 Å². The molecule has 1 aliphatic carbocycles. The van der Waals surface area contributed by atoms with E-state index in [2.05, 4.69) is 10.3 Å². The minimum absolute atomic E-state index is 0.0828. The average molecular weight is 228 g/mol. The van der Waals surface area contributed by atoms with Gasteiger partial charge in [0, 0.05) is 6.42 Å². The summed E-state index contributed by atoms with van der Waals surface area (Å²) in [6, 6.07) is 0.